The van der Waals surface area contributed by atoms with Crippen molar-refractivity contribution in [3.8, 4) is 5.75 Å². The molecular weight excluding hydrogens is 284 g/mol. The Bertz CT molecular complexity index is 736. The Kier molecular flexibility index (Phi) is 2.97. The lowest BCUT2D eigenvalue weighted by molar-refractivity contribution is 0.187. The molecule has 2 aromatic rings. The number of hydrogen-bond acceptors (Lipinski definition) is 5. The van der Waals surface area contributed by atoms with Gasteiger partial charge < -0.3 is 15.5 Å². The van der Waals surface area contributed by atoms with Crippen molar-refractivity contribution in [1.82, 2.24) is 0 Å². The van der Waals surface area contributed by atoms with Gasteiger partial charge in [0.2, 0.25) is 0 Å². The van der Waals surface area contributed by atoms with Crippen LogP contribution in [0.25, 0.3) is 0 Å². The first kappa shape index (κ1) is 12.9. The minimum absolute atomic E-state index is 0.197. The first-order valence-electron chi connectivity index (χ1n) is 7.19. The van der Waals surface area contributed by atoms with Crippen molar-refractivity contribution >= 4 is 22.2 Å². The molecule has 1 atom stereocenters. The summed E-state index contributed by atoms with van der Waals surface area (Å²) in [5, 5.41) is 24.3. The lowest BCUT2D eigenvalue weighted by Gasteiger charge is -2.21. The maximum Gasteiger partial charge on any atom is 0.176 e. The molecule has 4 nitrogen and oxygen atoms in total. The number of anilines is 1. The van der Waals surface area contributed by atoms with E-state index >= 15 is 0 Å². The second kappa shape index (κ2) is 4.86. The van der Waals surface area contributed by atoms with Gasteiger partial charge in [0.1, 0.15) is 16.6 Å². The highest BCUT2D eigenvalue weighted by molar-refractivity contribution is 7.16. The summed E-state index contributed by atoms with van der Waals surface area (Å²) < 4.78 is 0. The molecule has 1 aliphatic carbocycles. The van der Waals surface area contributed by atoms with Gasteiger partial charge in [-0.25, -0.2) is 4.99 Å². The van der Waals surface area contributed by atoms with E-state index in [1.54, 1.807) is 29.5 Å². The van der Waals surface area contributed by atoms with E-state index in [1.807, 2.05) is 6.07 Å². The standard InChI is InChI=1S/C16H16N2O2S/c19-10-5-3-4-9(8-10)14-17-15(20)13-11-6-1-2-7-12(11)21-16(13)18-14/h3-5,8,15,19-20H,1-2,6-7H2,(H,17,18). The second-order valence-electron chi connectivity index (χ2n) is 5.48. The van der Waals surface area contributed by atoms with Crippen molar-refractivity contribution in [1.29, 1.82) is 0 Å². The second-order valence-corrected chi connectivity index (χ2v) is 6.59. The number of thiophene rings is 1. The highest BCUT2D eigenvalue weighted by Crippen LogP contribution is 2.43. The molecule has 4 rings (SSSR count). The van der Waals surface area contributed by atoms with Gasteiger partial charge in [-0.3, -0.25) is 0 Å². The molecule has 0 fully saturated rings. The lowest BCUT2D eigenvalue weighted by atomic mass is 9.94. The third kappa shape index (κ3) is 2.13. The van der Waals surface area contributed by atoms with E-state index < -0.39 is 6.23 Å². The van der Waals surface area contributed by atoms with Gasteiger partial charge in [-0.1, -0.05) is 12.1 Å². The first-order chi connectivity index (χ1) is 10.2. The monoisotopic (exact) mass is 300 g/mol. The molecule has 108 valence electrons. The van der Waals surface area contributed by atoms with Gasteiger partial charge in [-0.05, 0) is 43.4 Å². The summed E-state index contributed by atoms with van der Waals surface area (Å²) in [5.74, 6) is 0.812. The third-order valence-electron chi connectivity index (χ3n) is 4.07. The molecule has 0 radical (unpaired) electrons. The van der Waals surface area contributed by atoms with Crippen LogP contribution in [-0.2, 0) is 12.8 Å². The van der Waals surface area contributed by atoms with Gasteiger partial charge in [0.25, 0.3) is 0 Å². The molecular formula is C16H16N2O2S. The SMILES string of the molecule is Oc1cccc(C2=NC(O)c3c(sc4c3CCCC4)N2)c1. The largest absolute Gasteiger partial charge is 0.508 e. The van der Waals surface area contributed by atoms with Crippen LogP contribution in [0.1, 0.15) is 40.6 Å². The number of aliphatic imine (C=N–C) groups is 1. The van der Waals surface area contributed by atoms with Gasteiger partial charge in [0.15, 0.2) is 6.23 Å². The summed E-state index contributed by atoms with van der Waals surface area (Å²) in [5.41, 5.74) is 3.03. The Labute approximate surface area is 126 Å². The lowest BCUT2D eigenvalue weighted by Crippen LogP contribution is -2.20. The number of aryl methyl sites for hydroxylation is 1. The van der Waals surface area contributed by atoms with Gasteiger partial charge in [-0.2, -0.15) is 0 Å². The van der Waals surface area contributed by atoms with Gasteiger partial charge in [-0.15, -0.1) is 11.3 Å². The number of nitrogens with one attached hydrogen (secondary N) is 1. The van der Waals surface area contributed by atoms with Crippen molar-refractivity contribution in [2.75, 3.05) is 5.32 Å². The quantitative estimate of drug-likeness (QED) is 0.758. The zero-order valence-corrected chi connectivity index (χ0v) is 12.3. The van der Waals surface area contributed by atoms with E-state index in [0.29, 0.717) is 5.84 Å². The molecule has 2 aliphatic rings. The molecule has 1 aliphatic heterocycles. The molecule has 0 saturated carbocycles. The van der Waals surface area contributed by atoms with Crippen molar-refractivity contribution in [2.24, 2.45) is 4.99 Å². The Morgan fingerprint density at radius 1 is 1.24 bits per heavy atom. The predicted octanol–water partition coefficient (Wildman–Crippen LogP) is 3.20. The number of fused-ring (bicyclic) bond motifs is 3. The number of rotatable bonds is 1. The maximum atomic E-state index is 10.4. The number of aliphatic hydroxyl groups excluding tert-OH is 1. The van der Waals surface area contributed by atoms with Crippen molar-refractivity contribution < 1.29 is 10.2 Å². The Morgan fingerprint density at radius 2 is 2.10 bits per heavy atom. The van der Waals surface area contributed by atoms with Crippen LogP contribution in [0.3, 0.4) is 0 Å². The van der Waals surface area contributed by atoms with Crippen LogP contribution in [0.5, 0.6) is 5.75 Å². The van der Waals surface area contributed by atoms with E-state index in [2.05, 4.69) is 10.3 Å². The van der Waals surface area contributed by atoms with E-state index in [0.717, 1.165) is 29.0 Å². The molecule has 0 spiro atoms. The minimum atomic E-state index is -0.809. The number of aliphatic hydroxyl groups is 1. The summed E-state index contributed by atoms with van der Waals surface area (Å²) in [7, 11) is 0. The number of benzene rings is 1. The number of nitrogens with zero attached hydrogens (tertiary/aromatic N) is 1. The maximum absolute atomic E-state index is 10.4. The minimum Gasteiger partial charge on any atom is -0.508 e. The zero-order chi connectivity index (χ0) is 14.4. The fourth-order valence-electron chi connectivity index (χ4n) is 3.08. The topological polar surface area (TPSA) is 64.9 Å². The first-order valence-corrected chi connectivity index (χ1v) is 8.01. The number of phenols is 1. The molecule has 0 bridgehead atoms. The van der Waals surface area contributed by atoms with Crippen LogP contribution in [0.2, 0.25) is 0 Å². The molecule has 5 heteroatoms. The van der Waals surface area contributed by atoms with Crippen LogP contribution in [0.4, 0.5) is 5.00 Å². The van der Waals surface area contributed by atoms with Crippen molar-refractivity contribution in [3.05, 3.63) is 45.8 Å². The van der Waals surface area contributed by atoms with Crippen LogP contribution in [0.15, 0.2) is 29.3 Å². The number of hydrogen-bond donors (Lipinski definition) is 3. The van der Waals surface area contributed by atoms with Crippen molar-refractivity contribution in [3.63, 3.8) is 0 Å². The summed E-state index contributed by atoms with van der Waals surface area (Å²) in [6, 6.07) is 6.92. The fraction of sp³-hybridized carbons (Fsp3) is 0.312. The van der Waals surface area contributed by atoms with Gasteiger partial charge >= 0.3 is 0 Å². The highest BCUT2D eigenvalue weighted by Gasteiger charge is 2.29. The number of phenolic OH excluding ortho intramolecular Hbond substituents is 1. The Morgan fingerprint density at radius 3 is 2.95 bits per heavy atom. The molecule has 3 N–H and O–H groups in total. The van der Waals surface area contributed by atoms with Crippen LogP contribution in [0, 0.1) is 0 Å². The Hall–Kier alpha value is -1.85. The summed E-state index contributed by atoms with van der Waals surface area (Å²) in [6.07, 6.45) is 3.74. The van der Waals surface area contributed by atoms with E-state index in [9.17, 15) is 10.2 Å². The molecule has 0 saturated heterocycles. The van der Waals surface area contributed by atoms with E-state index in [1.165, 1.54) is 23.3 Å². The van der Waals surface area contributed by atoms with Crippen LogP contribution >= 0.6 is 11.3 Å². The fourth-order valence-corrected chi connectivity index (χ4v) is 4.40. The highest BCUT2D eigenvalue weighted by atomic mass is 32.1. The molecule has 21 heavy (non-hydrogen) atoms. The van der Waals surface area contributed by atoms with E-state index in [-0.39, 0.29) is 5.75 Å². The predicted molar refractivity (Wildman–Crippen MR) is 84.2 cm³/mol. The summed E-state index contributed by atoms with van der Waals surface area (Å²) >= 11 is 1.73. The molecule has 2 heterocycles. The third-order valence-corrected chi connectivity index (χ3v) is 5.30. The van der Waals surface area contributed by atoms with Crippen molar-refractivity contribution in [2.45, 2.75) is 31.9 Å². The zero-order valence-electron chi connectivity index (χ0n) is 11.5. The average Bonchev–Trinajstić information content (AvgIpc) is 2.86. The number of aromatic hydroxyl groups is 1. The molecule has 1 aromatic carbocycles. The van der Waals surface area contributed by atoms with Crippen LogP contribution < -0.4 is 5.32 Å². The molecule has 1 aromatic heterocycles. The normalized spacial score (nSPS) is 20.2. The molecule has 0 amide bonds. The van der Waals surface area contributed by atoms with Crippen LogP contribution in [-0.4, -0.2) is 16.0 Å². The number of amidine groups is 1. The van der Waals surface area contributed by atoms with Gasteiger partial charge in [0.05, 0.1) is 0 Å². The Balaban J connectivity index is 1.75. The molecule has 1 unspecified atom stereocenters. The average molecular weight is 300 g/mol. The smallest absolute Gasteiger partial charge is 0.176 e. The summed E-state index contributed by atoms with van der Waals surface area (Å²) in [6.45, 7) is 0. The van der Waals surface area contributed by atoms with E-state index in [4.69, 9.17) is 0 Å². The van der Waals surface area contributed by atoms with Gasteiger partial charge in [0, 0.05) is 16.0 Å². The summed E-state index contributed by atoms with van der Waals surface area (Å²) in [4.78, 5) is 5.75.